The van der Waals surface area contributed by atoms with Gasteiger partial charge in [-0.2, -0.15) is 0 Å². The van der Waals surface area contributed by atoms with E-state index in [2.05, 4.69) is 11.8 Å². The monoisotopic (exact) mass is 409 g/mol. The van der Waals surface area contributed by atoms with E-state index < -0.39 is 5.66 Å². The average molecular weight is 409 g/mol. The lowest BCUT2D eigenvalue weighted by molar-refractivity contribution is -0.136. The van der Waals surface area contributed by atoms with Gasteiger partial charge in [-0.1, -0.05) is 24.6 Å². The molecule has 2 aromatic rings. The summed E-state index contributed by atoms with van der Waals surface area (Å²) >= 11 is 0. The third kappa shape index (κ3) is 3.05. The zero-order valence-electron chi connectivity index (χ0n) is 18.1. The van der Waals surface area contributed by atoms with Crippen molar-refractivity contribution in [2.75, 3.05) is 25.8 Å². The second-order valence-corrected chi connectivity index (χ2v) is 7.64. The molecule has 2 heterocycles. The van der Waals surface area contributed by atoms with Crippen LogP contribution in [0.25, 0.3) is 0 Å². The van der Waals surface area contributed by atoms with Crippen LogP contribution in [0.5, 0.6) is 11.5 Å². The van der Waals surface area contributed by atoms with E-state index in [0.717, 1.165) is 28.8 Å². The molecule has 2 aliphatic heterocycles. The van der Waals surface area contributed by atoms with Gasteiger partial charge in [0.1, 0.15) is 0 Å². The van der Waals surface area contributed by atoms with Crippen LogP contribution >= 0.6 is 0 Å². The first-order valence-electron chi connectivity index (χ1n) is 10.1. The van der Waals surface area contributed by atoms with Gasteiger partial charge in [-0.05, 0) is 50.1 Å². The second-order valence-electron chi connectivity index (χ2n) is 7.64. The second kappa shape index (κ2) is 7.55. The molecule has 0 saturated heterocycles. The first-order valence-corrected chi connectivity index (χ1v) is 10.1. The lowest BCUT2D eigenvalue weighted by Crippen LogP contribution is -2.55. The van der Waals surface area contributed by atoms with Gasteiger partial charge < -0.3 is 14.2 Å². The zero-order valence-corrected chi connectivity index (χ0v) is 18.1. The largest absolute Gasteiger partial charge is 0.493 e. The molecule has 0 radical (unpaired) electrons. The summed E-state index contributed by atoms with van der Waals surface area (Å²) in [4.78, 5) is 14.1. The molecular formula is C23H27N3O4. The molecule has 158 valence electrons. The molecule has 7 nitrogen and oxygen atoms in total. The van der Waals surface area contributed by atoms with Crippen LogP contribution in [0.4, 0.5) is 5.69 Å². The minimum absolute atomic E-state index is 0.287. The van der Waals surface area contributed by atoms with Crippen LogP contribution in [0.2, 0.25) is 0 Å². The van der Waals surface area contributed by atoms with Gasteiger partial charge in [0.15, 0.2) is 17.2 Å². The van der Waals surface area contributed by atoms with Crippen molar-refractivity contribution in [2.45, 2.75) is 39.3 Å². The van der Waals surface area contributed by atoms with Crippen molar-refractivity contribution in [3.63, 3.8) is 0 Å². The number of esters is 1. The molecule has 2 aromatic carbocycles. The van der Waals surface area contributed by atoms with Crippen molar-refractivity contribution in [2.24, 2.45) is 5.10 Å². The van der Waals surface area contributed by atoms with Gasteiger partial charge in [0.25, 0.3) is 0 Å². The van der Waals surface area contributed by atoms with Gasteiger partial charge in [0.05, 0.1) is 19.9 Å². The Kier molecular flexibility index (Phi) is 5.05. The van der Waals surface area contributed by atoms with Gasteiger partial charge in [0, 0.05) is 18.5 Å². The SMILES string of the molecule is CCC(=O)OC1=NN(c2ccc(C)cc2)[C@@]2(C)c3cc(OC)c(OC)cc3CCN12. The minimum atomic E-state index is -0.675. The normalized spacial score (nSPS) is 19.7. The molecule has 0 saturated carbocycles. The number of rotatable bonds is 4. The molecule has 0 spiro atoms. The number of hydrogen-bond donors (Lipinski definition) is 0. The number of methoxy groups -OCH3 is 2. The number of carbonyl (C=O) groups is 1. The number of anilines is 1. The lowest BCUT2D eigenvalue weighted by Gasteiger charge is -2.45. The fourth-order valence-electron chi connectivity index (χ4n) is 4.16. The van der Waals surface area contributed by atoms with Gasteiger partial charge in [-0.15, -0.1) is 5.10 Å². The summed E-state index contributed by atoms with van der Waals surface area (Å²) in [6.45, 7) is 6.58. The van der Waals surface area contributed by atoms with Gasteiger partial charge in [-0.25, -0.2) is 5.01 Å². The topological polar surface area (TPSA) is 63.6 Å². The molecular weight excluding hydrogens is 382 g/mol. The molecule has 4 rings (SSSR count). The van der Waals surface area contributed by atoms with E-state index in [-0.39, 0.29) is 12.4 Å². The highest BCUT2D eigenvalue weighted by molar-refractivity contribution is 5.90. The summed E-state index contributed by atoms with van der Waals surface area (Å²) in [5, 5.41) is 6.68. The zero-order chi connectivity index (χ0) is 21.5. The van der Waals surface area contributed by atoms with E-state index in [0.29, 0.717) is 24.1 Å². The van der Waals surface area contributed by atoms with E-state index in [1.165, 1.54) is 0 Å². The Balaban J connectivity index is 1.88. The predicted molar refractivity (Wildman–Crippen MR) is 115 cm³/mol. The Hall–Kier alpha value is -3.22. The molecule has 0 bridgehead atoms. The Morgan fingerprint density at radius 3 is 2.43 bits per heavy atom. The number of aryl methyl sites for hydroxylation is 1. The van der Waals surface area contributed by atoms with Crippen LogP contribution < -0.4 is 14.5 Å². The standard InChI is InChI=1S/C23H27N3O4/c1-6-21(27)30-22-24-26(17-9-7-15(2)8-10-17)23(3)18-14-20(29-5)19(28-4)13-16(18)11-12-25(22)23/h7-10,13-14H,6,11-12H2,1-5H3/t23-/m0/s1. The Bertz CT molecular complexity index is 1000. The van der Waals surface area contributed by atoms with Crippen molar-refractivity contribution in [3.05, 3.63) is 53.1 Å². The van der Waals surface area contributed by atoms with Gasteiger partial charge in [-0.3, -0.25) is 9.69 Å². The molecule has 7 heteroatoms. The van der Waals surface area contributed by atoms with E-state index in [4.69, 9.17) is 19.3 Å². The maximum atomic E-state index is 12.1. The van der Waals surface area contributed by atoms with Crippen LogP contribution in [0.15, 0.2) is 41.5 Å². The molecule has 0 aromatic heterocycles. The maximum absolute atomic E-state index is 12.1. The average Bonchev–Trinajstić information content (AvgIpc) is 3.05. The van der Waals surface area contributed by atoms with Crippen molar-refractivity contribution >= 4 is 17.7 Å². The summed E-state index contributed by atoms with van der Waals surface area (Å²) in [6, 6.07) is 12.5. The first-order chi connectivity index (χ1) is 14.4. The van der Waals surface area contributed by atoms with Crippen LogP contribution in [0, 0.1) is 6.92 Å². The molecule has 0 unspecified atom stereocenters. The Morgan fingerprint density at radius 1 is 1.13 bits per heavy atom. The summed E-state index contributed by atoms with van der Waals surface area (Å²) in [7, 11) is 3.27. The molecule has 30 heavy (non-hydrogen) atoms. The Morgan fingerprint density at radius 2 is 1.80 bits per heavy atom. The summed E-state index contributed by atoms with van der Waals surface area (Å²) in [5.74, 6) is 1.05. The van der Waals surface area contributed by atoms with E-state index in [1.807, 2.05) is 48.3 Å². The van der Waals surface area contributed by atoms with E-state index in [9.17, 15) is 4.79 Å². The number of fused-ring (bicyclic) bond motifs is 3. The van der Waals surface area contributed by atoms with E-state index in [1.54, 1.807) is 21.1 Å². The van der Waals surface area contributed by atoms with Crippen LogP contribution in [-0.2, 0) is 21.6 Å². The lowest BCUT2D eigenvalue weighted by atomic mass is 9.87. The molecule has 0 fully saturated rings. The smallest absolute Gasteiger partial charge is 0.319 e. The number of amidine groups is 1. The van der Waals surface area contributed by atoms with Crippen molar-refractivity contribution in [1.82, 2.24) is 4.90 Å². The number of carbonyl (C=O) groups excluding carboxylic acids is 1. The summed E-state index contributed by atoms with van der Waals surface area (Å²) < 4.78 is 16.7. The number of nitrogens with zero attached hydrogens (tertiary/aromatic N) is 3. The van der Waals surface area contributed by atoms with Crippen LogP contribution in [0.1, 0.15) is 37.0 Å². The molecule has 2 aliphatic rings. The van der Waals surface area contributed by atoms with E-state index >= 15 is 0 Å². The fraction of sp³-hybridized carbons (Fsp3) is 0.391. The Labute approximate surface area is 176 Å². The third-order valence-corrected chi connectivity index (χ3v) is 5.85. The van der Waals surface area contributed by atoms with Crippen molar-refractivity contribution < 1.29 is 19.0 Å². The van der Waals surface area contributed by atoms with Crippen LogP contribution in [-0.4, -0.2) is 37.7 Å². The molecule has 0 N–H and O–H groups in total. The molecule has 1 atom stereocenters. The molecule has 0 amide bonds. The highest BCUT2D eigenvalue weighted by Crippen LogP contribution is 2.47. The number of ether oxygens (including phenoxy) is 3. The minimum Gasteiger partial charge on any atom is -0.493 e. The highest BCUT2D eigenvalue weighted by Gasteiger charge is 2.52. The third-order valence-electron chi connectivity index (χ3n) is 5.85. The van der Waals surface area contributed by atoms with Crippen molar-refractivity contribution in [3.8, 4) is 11.5 Å². The number of hydrogen-bond acceptors (Lipinski definition) is 7. The van der Waals surface area contributed by atoms with Crippen molar-refractivity contribution in [1.29, 1.82) is 0 Å². The summed E-state index contributed by atoms with van der Waals surface area (Å²) in [5.41, 5.74) is 3.60. The first kappa shape index (κ1) is 20.1. The number of hydrazone groups is 1. The quantitative estimate of drug-likeness (QED) is 0.716. The fourth-order valence-corrected chi connectivity index (χ4v) is 4.16. The number of benzene rings is 2. The molecule has 0 aliphatic carbocycles. The highest BCUT2D eigenvalue weighted by atomic mass is 16.6. The maximum Gasteiger partial charge on any atom is 0.319 e. The predicted octanol–water partition coefficient (Wildman–Crippen LogP) is 3.79. The van der Waals surface area contributed by atoms with Gasteiger partial charge >= 0.3 is 12.0 Å². The summed E-state index contributed by atoms with van der Waals surface area (Å²) in [6.07, 6.45) is 1.06. The van der Waals surface area contributed by atoms with Gasteiger partial charge in [0.2, 0.25) is 0 Å². The van der Waals surface area contributed by atoms with Crippen LogP contribution in [0.3, 0.4) is 0 Å².